The van der Waals surface area contributed by atoms with Crippen molar-refractivity contribution in [1.29, 1.82) is 0 Å². The van der Waals surface area contributed by atoms with Crippen LogP contribution in [0.2, 0.25) is 0 Å². The van der Waals surface area contributed by atoms with Crippen LogP contribution in [0.25, 0.3) is 12.2 Å². The Hall–Kier alpha value is -3.01. The fraction of sp³-hybridized carbons (Fsp3) is 0. The first kappa shape index (κ1) is 13.0. The molecule has 0 amide bonds. The Bertz CT molecular complexity index is 705. The number of fused-ring (bicyclic) bond motifs is 2. The van der Waals surface area contributed by atoms with Gasteiger partial charge in [-0.1, -0.05) is 42.5 Å². The first-order valence-electron chi connectivity index (χ1n) is 6.66. The fourth-order valence-corrected chi connectivity index (χ4v) is 1.97. The molecule has 0 aromatic heterocycles. The van der Waals surface area contributed by atoms with Crippen LogP contribution in [0.1, 0.15) is 11.1 Å². The molecular formula is C17H15N3O. The van der Waals surface area contributed by atoms with Crippen LogP contribution in [0, 0.1) is 0 Å². The Morgan fingerprint density at radius 1 is 0.857 bits per heavy atom. The monoisotopic (exact) mass is 277 g/mol. The average Bonchev–Trinajstić information content (AvgIpc) is 2.81. The highest BCUT2D eigenvalue weighted by Gasteiger charge is 2.01. The van der Waals surface area contributed by atoms with Crippen molar-refractivity contribution >= 4 is 24.1 Å². The molecule has 0 atom stereocenters. The molecular weight excluding hydrogens is 262 g/mol. The highest BCUT2D eigenvalue weighted by Crippen LogP contribution is 2.20. The number of hydroxylamine groups is 1. The summed E-state index contributed by atoms with van der Waals surface area (Å²) in [6.07, 6.45) is 9.42. The number of para-hydroxylation sites is 2. The molecule has 0 unspecified atom stereocenters. The molecule has 0 radical (unpaired) electrons. The highest BCUT2D eigenvalue weighted by molar-refractivity contribution is 5.83. The van der Waals surface area contributed by atoms with Gasteiger partial charge in [0.25, 0.3) is 0 Å². The number of anilines is 1. The number of allylic oxidation sites excluding steroid dienone is 1. The minimum atomic E-state index is 0.880. The Kier molecular flexibility index (Phi) is 3.98. The lowest BCUT2D eigenvalue weighted by Gasteiger charge is -2.11. The normalized spacial score (nSPS) is 13.3. The number of benzene rings is 2. The van der Waals surface area contributed by atoms with Crippen LogP contribution >= 0.6 is 0 Å². The van der Waals surface area contributed by atoms with E-state index >= 15 is 0 Å². The molecule has 4 heteroatoms. The number of nitrogens with zero attached hydrogens (tertiary/aromatic N) is 1. The number of rotatable bonds is 0. The molecule has 104 valence electrons. The van der Waals surface area contributed by atoms with Crippen molar-refractivity contribution in [2.45, 2.75) is 0 Å². The Morgan fingerprint density at radius 3 is 2.57 bits per heavy atom. The molecule has 2 aromatic carbocycles. The van der Waals surface area contributed by atoms with E-state index in [1.165, 1.54) is 5.56 Å². The molecule has 0 fully saturated rings. The van der Waals surface area contributed by atoms with E-state index < -0.39 is 0 Å². The third-order valence-corrected chi connectivity index (χ3v) is 3.00. The summed E-state index contributed by atoms with van der Waals surface area (Å²) < 4.78 is 0. The topological polar surface area (TPSA) is 45.7 Å². The van der Waals surface area contributed by atoms with E-state index in [0.717, 1.165) is 17.0 Å². The third-order valence-electron chi connectivity index (χ3n) is 3.00. The minimum absolute atomic E-state index is 0.880. The highest BCUT2D eigenvalue weighted by atomic mass is 16.6. The van der Waals surface area contributed by atoms with Gasteiger partial charge >= 0.3 is 0 Å². The van der Waals surface area contributed by atoms with E-state index in [9.17, 15) is 0 Å². The van der Waals surface area contributed by atoms with E-state index in [4.69, 9.17) is 4.84 Å². The van der Waals surface area contributed by atoms with Crippen LogP contribution in [-0.2, 0) is 0 Å². The van der Waals surface area contributed by atoms with E-state index in [-0.39, 0.29) is 0 Å². The van der Waals surface area contributed by atoms with Crippen LogP contribution in [0.3, 0.4) is 0 Å². The zero-order valence-corrected chi connectivity index (χ0v) is 11.4. The zero-order valence-electron chi connectivity index (χ0n) is 11.4. The minimum Gasteiger partial charge on any atom is -0.382 e. The van der Waals surface area contributed by atoms with Crippen LogP contribution < -0.4 is 15.7 Å². The van der Waals surface area contributed by atoms with Crippen LogP contribution in [0.15, 0.2) is 65.9 Å². The van der Waals surface area contributed by atoms with E-state index in [0.29, 0.717) is 0 Å². The van der Waals surface area contributed by atoms with Crippen molar-refractivity contribution in [1.82, 2.24) is 5.48 Å². The van der Waals surface area contributed by atoms with Gasteiger partial charge in [-0.15, -0.1) is 0 Å². The molecule has 0 saturated heterocycles. The largest absolute Gasteiger partial charge is 0.382 e. The molecule has 0 saturated carbocycles. The van der Waals surface area contributed by atoms with E-state index in [1.54, 1.807) is 12.4 Å². The van der Waals surface area contributed by atoms with Gasteiger partial charge in [0, 0.05) is 18.0 Å². The van der Waals surface area contributed by atoms with Gasteiger partial charge < -0.3 is 4.84 Å². The second kappa shape index (κ2) is 6.43. The Balaban J connectivity index is 0.000000126. The summed E-state index contributed by atoms with van der Waals surface area (Å²) in [5, 5.41) is 3.95. The van der Waals surface area contributed by atoms with Gasteiger partial charge in [-0.05, 0) is 29.8 Å². The molecule has 2 heterocycles. The summed E-state index contributed by atoms with van der Waals surface area (Å²) >= 11 is 0. The summed E-state index contributed by atoms with van der Waals surface area (Å²) in [6, 6.07) is 15.9. The van der Waals surface area contributed by atoms with Crippen LogP contribution in [0.5, 0.6) is 5.75 Å². The summed E-state index contributed by atoms with van der Waals surface area (Å²) in [4.78, 5) is 5.09. The maximum absolute atomic E-state index is 5.09. The molecule has 0 bridgehead atoms. The Morgan fingerprint density at radius 2 is 1.67 bits per heavy atom. The van der Waals surface area contributed by atoms with Gasteiger partial charge in [-0.25, -0.2) is 5.48 Å². The van der Waals surface area contributed by atoms with E-state index in [1.807, 2.05) is 66.8 Å². The van der Waals surface area contributed by atoms with Gasteiger partial charge in [-0.2, -0.15) is 5.10 Å². The zero-order chi connectivity index (χ0) is 14.3. The van der Waals surface area contributed by atoms with Crippen molar-refractivity contribution in [3.63, 3.8) is 0 Å². The van der Waals surface area contributed by atoms with Crippen molar-refractivity contribution in [2.75, 3.05) is 5.43 Å². The molecule has 21 heavy (non-hydrogen) atoms. The van der Waals surface area contributed by atoms with Crippen LogP contribution in [-0.4, -0.2) is 6.21 Å². The number of hydrazone groups is 1. The molecule has 4 rings (SSSR count). The molecule has 2 aliphatic rings. The first-order valence-corrected chi connectivity index (χ1v) is 6.66. The molecule has 4 nitrogen and oxygen atoms in total. The summed E-state index contributed by atoms with van der Waals surface area (Å²) in [6.45, 7) is 0. The summed E-state index contributed by atoms with van der Waals surface area (Å²) in [7, 11) is 0. The van der Waals surface area contributed by atoms with Gasteiger partial charge in [0.15, 0.2) is 5.75 Å². The van der Waals surface area contributed by atoms with Crippen molar-refractivity contribution in [3.05, 3.63) is 71.9 Å². The molecule has 0 spiro atoms. The average molecular weight is 277 g/mol. The second-order valence-electron chi connectivity index (χ2n) is 4.43. The summed E-state index contributed by atoms with van der Waals surface area (Å²) in [5.74, 6) is 0.880. The van der Waals surface area contributed by atoms with E-state index in [2.05, 4.69) is 16.0 Å². The maximum atomic E-state index is 5.09. The lowest BCUT2D eigenvalue weighted by atomic mass is 10.2. The lowest BCUT2D eigenvalue weighted by molar-refractivity contribution is 0.239. The molecule has 2 aromatic rings. The summed E-state index contributed by atoms with van der Waals surface area (Å²) in [5.41, 5.74) is 8.93. The van der Waals surface area contributed by atoms with Crippen molar-refractivity contribution in [2.24, 2.45) is 5.10 Å². The van der Waals surface area contributed by atoms with Gasteiger partial charge in [0.1, 0.15) is 0 Å². The van der Waals surface area contributed by atoms with Gasteiger partial charge in [0.05, 0.1) is 5.69 Å². The fourth-order valence-electron chi connectivity index (χ4n) is 1.97. The standard InChI is InChI=1S/C9H8N2.C8H7NO/c1-2-6-9-8(4-1)5-3-7-10-11-9;1-2-4-8-7(3-1)5-6-9-10-8/h1-7,11H;1-6,9H. The smallest absolute Gasteiger partial charge is 0.162 e. The quantitative estimate of drug-likeness (QED) is 0.772. The lowest BCUT2D eigenvalue weighted by Crippen LogP contribution is -2.13. The maximum Gasteiger partial charge on any atom is 0.162 e. The first-order chi connectivity index (χ1) is 10.4. The molecule has 0 aliphatic carbocycles. The van der Waals surface area contributed by atoms with Gasteiger partial charge in [0.2, 0.25) is 0 Å². The molecule has 2 aliphatic heterocycles. The predicted molar refractivity (Wildman–Crippen MR) is 86.8 cm³/mol. The van der Waals surface area contributed by atoms with Crippen molar-refractivity contribution in [3.8, 4) is 5.75 Å². The van der Waals surface area contributed by atoms with Gasteiger partial charge in [-0.3, -0.25) is 5.43 Å². The number of nitrogens with one attached hydrogen (secondary N) is 2. The third kappa shape index (κ3) is 3.30. The van der Waals surface area contributed by atoms with Crippen molar-refractivity contribution < 1.29 is 4.84 Å². The van der Waals surface area contributed by atoms with Crippen LogP contribution in [0.4, 0.5) is 5.69 Å². The predicted octanol–water partition coefficient (Wildman–Crippen LogP) is 3.67. The number of hydrogen-bond donors (Lipinski definition) is 2. The number of hydrogen-bond acceptors (Lipinski definition) is 4. The SMILES string of the molecule is C1=Cc2ccccc2NN=C1.C1=Cc2ccccc2ON1. The second-order valence-corrected chi connectivity index (χ2v) is 4.43. The Labute approximate surface area is 123 Å². The molecule has 2 N–H and O–H groups in total.